The van der Waals surface area contributed by atoms with Gasteiger partial charge in [-0.2, -0.15) is 5.26 Å². The second kappa shape index (κ2) is 9.28. The van der Waals surface area contributed by atoms with Crippen molar-refractivity contribution in [3.63, 3.8) is 0 Å². The van der Waals surface area contributed by atoms with Crippen molar-refractivity contribution < 1.29 is 33.4 Å². The average Bonchev–Trinajstić information content (AvgIpc) is 3.42. The van der Waals surface area contributed by atoms with Gasteiger partial charge in [0, 0.05) is 27.0 Å². The van der Waals surface area contributed by atoms with Gasteiger partial charge in [-0.3, -0.25) is 19.2 Å². The van der Waals surface area contributed by atoms with Gasteiger partial charge in [0.25, 0.3) is 11.8 Å². The molecule has 0 saturated carbocycles. The third-order valence-corrected chi connectivity index (χ3v) is 9.43. The van der Waals surface area contributed by atoms with Crippen molar-refractivity contribution in [1.82, 2.24) is 9.80 Å². The summed E-state index contributed by atoms with van der Waals surface area (Å²) in [4.78, 5) is 53.1. The van der Waals surface area contributed by atoms with Gasteiger partial charge in [0.1, 0.15) is 6.61 Å². The minimum atomic E-state index is -1.64. The molecular weight excluding hydrogens is 506 g/mol. The largest absolute Gasteiger partial charge is 0.454 e. The van der Waals surface area contributed by atoms with Gasteiger partial charge in [-0.15, -0.1) is 0 Å². The van der Waals surface area contributed by atoms with Crippen molar-refractivity contribution in [2.24, 2.45) is 5.41 Å². The van der Waals surface area contributed by atoms with Crippen LogP contribution >= 0.6 is 23.5 Å². The number of ether oxygens (including phenoxy) is 3. The Balaban J connectivity index is 1.92. The maximum Gasteiger partial charge on any atom is 0.261 e. The molecule has 10 nitrogen and oxygen atoms in total. The van der Waals surface area contributed by atoms with Crippen LogP contribution in [0, 0.1) is 16.7 Å². The second-order valence-corrected chi connectivity index (χ2v) is 12.1. The molecule has 0 bridgehead atoms. The molecule has 0 aliphatic carbocycles. The van der Waals surface area contributed by atoms with Crippen molar-refractivity contribution in [2.45, 2.75) is 49.4 Å². The molecule has 0 radical (unpaired) electrons. The number of nitrogens with zero attached hydrogens (tertiary/aromatic N) is 3. The molecule has 0 spiro atoms. The first-order valence-corrected chi connectivity index (χ1v) is 13.0. The topological polar surface area (TPSA) is 126 Å². The number of fused-ring (bicyclic) bond motifs is 2. The Hall–Kier alpha value is -2.75. The predicted molar refractivity (Wildman–Crippen MR) is 132 cm³/mol. The smallest absolute Gasteiger partial charge is 0.261 e. The van der Waals surface area contributed by atoms with Gasteiger partial charge in [0.2, 0.25) is 11.9 Å². The first-order valence-electron chi connectivity index (χ1n) is 11.3. The summed E-state index contributed by atoms with van der Waals surface area (Å²) in [6, 6.07) is 6.54. The zero-order chi connectivity index (χ0) is 26.5. The number of nitriles is 1. The van der Waals surface area contributed by atoms with Crippen molar-refractivity contribution >= 4 is 45.6 Å². The number of amides is 2. The first kappa shape index (κ1) is 26.3. The van der Waals surface area contributed by atoms with Crippen LogP contribution in [-0.4, -0.2) is 69.1 Å². The summed E-state index contributed by atoms with van der Waals surface area (Å²) in [6.07, 6.45) is 0.0788. The normalized spacial score (nSPS) is 30.8. The van der Waals surface area contributed by atoms with E-state index < -0.39 is 38.1 Å². The number of carbonyl (C=O) groups is 4. The van der Waals surface area contributed by atoms with Crippen LogP contribution in [0.2, 0.25) is 0 Å². The second-order valence-electron chi connectivity index (χ2n) is 9.26. The van der Waals surface area contributed by atoms with Gasteiger partial charge >= 0.3 is 0 Å². The lowest BCUT2D eigenvalue weighted by Crippen LogP contribution is -2.71. The van der Waals surface area contributed by atoms with E-state index in [2.05, 4.69) is 6.07 Å². The number of hydrogen-bond acceptors (Lipinski definition) is 10. The summed E-state index contributed by atoms with van der Waals surface area (Å²) < 4.78 is 15.9. The van der Waals surface area contributed by atoms with E-state index in [0.29, 0.717) is 28.8 Å². The Morgan fingerprint density at radius 2 is 1.86 bits per heavy atom. The number of carbonyl (C=O) groups excluding carboxylic acids is 4. The molecular formula is C24H27N3O7S2. The first-order chi connectivity index (χ1) is 17.0. The molecule has 0 aromatic heterocycles. The highest BCUT2D eigenvalue weighted by Crippen LogP contribution is 2.62. The molecule has 3 heterocycles. The molecule has 2 saturated heterocycles. The third-order valence-electron chi connectivity index (χ3n) is 6.87. The Kier molecular flexibility index (Phi) is 6.79. The highest BCUT2D eigenvalue weighted by atomic mass is 32.2. The third kappa shape index (κ3) is 3.84. The number of methoxy groups -OCH3 is 1. The number of likely N-dealkylation sites (N-methyl/N-ethyl adjacent to an activating group) is 1. The van der Waals surface area contributed by atoms with Crippen LogP contribution in [0.25, 0.3) is 0 Å². The zero-order valence-electron chi connectivity index (χ0n) is 20.7. The van der Waals surface area contributed by atoms with E-state index in [-0.39, 0.29) is 31.4 Å². The van der Waals surface area contributed by atoms with Crippen LogP contribution in [-0.2, 0) is 23.9 Å². The van der Waals surface area contributed by atoms with Gasteiger partial charge < -0.3 is 24.0 Å². The van der Waals surface area contributed by atoms with Gasteiger partial charge in [-0.25, -0.2) is 0 Å². The van der Waals surface area contributed by atoms with E-state index in [1.165, 1.54) is 30.9 Å². The fourth-order valence-corrected chi connectivity index (χ4v) is 7.46. The van der Waals surface area contributed by atoms with Crippen molar-refractivity contribution in [1.29, 1.82) is 5.26 Å². The number of benzene rings is 1. The van der Waals surface area contributed by atoms with Crippen molar-refractivity contribution in [3.8, 4) is 17.6 Å². The van der Waals surface area contributed by atoms with Gasteiger partial charge in [-0.1, -0.05) is 13.0 Å². The van der Waals surface area contributed by atoms with E-state index >= 15 is 0 Å². The fraction of sp³-hybridized carbons (Fsp3) is 0.542. The van der Waals surface area contributed by atoms with Crippen LogP contribution in [0.4, 0.5) is 0 Å². The fourth-order valence-electron chi connectivity index (χ4n) is 5.03. The van der Waals surface area contributed by atoms with E-state index in [1.54, 1.807) is 32.0 Å². The molecule has 12 heteroatoms. The predicted octanol–water partition coefficient (Wildman–Crippen LogP) is 2.68. The van der Waals surface area contributed by atoms with Gasteiger partial charge in [0.05, 0.1) is 17.5 Å². The molecule has 1 aromatic rings. The van der Waals surface area contributed by atoms with Crippen LogP contribution < -0.4 is 9.47 Å². The van der Waals surface area contributed by atoms with E-state index in [1.807, 2.05) is 0 Å². The molecule has 192 valence electrons. The van der Waals surface area contributed by atoms with Crippen LogP contribution in [0.5, 0.6) is 11.5 Å². The maximum absolute atomic E-state index is 14.3. The highest BCUT2D eigenvalue weighted by molar-refractivity contribution is 8.16. The molecule has 4 atom stereocenters. The van der Waals surface area contributed by atoms with Crippen LogP contribution in [0.3, 0.4) is 0 Å². The maximum atomic E-state index is 14.3. The lowest BCUT2D eigenvalue weighted by atomic mass is 9.79. The molecule has 1 aromatic carbocycles. The SMILES string of the molecule is CCC(=O)S[C@]12C[C@](C)(C#N)C(c3ccc4c(c3)OCO4)N1C(=O)[C@](C)(SC(=O)COC)N(C)C2=O. The van der Waals surface area contributed by atoms with E-state index in [4.69, 9.17) is 14.2 Å². The van der Waals surface area contributed by atoms with E-state index in [0.717, 1.165) is 11.8 Å². The summed E-state index contributed by atoms with van der Waals surface area (Å²) in [6.45, 7) is 4.66. The standard InChI is InChI=1S/C24H27N3O7S2/c1-6-17(28)36-24-11-22(2,12-25)19(14-7-8-15-16(9-14)34-13-33-15)27(24)20(30)23(3,26(4)21(24)31)35-18(29)10-32-5/h7-9,19H,6,10-11,13H2,1-5H3/t19?,22-,23+,24+/m1/s1. The summed E-state index contributed by atoms with van der Waals surface area (Å²) in [5.74, 6) is -0.0673. The van der Waals surface area contributed by atoms with Crippen LogP contribution in [0.15, 0.2) is 18.2 Å². The lowest BCUT2D eigenvalue weighted by molar-refractivity contribution is -0.163. The molecule has 1 unspecified atom stereocenters. The molecule has 36 heavy (non-hydrogen) atoms. The average molecular weight is 534 g/mol. The highest BCUT2D eigenvalue weighted by Gasteiger charge is 2.71. The summed E-state index contributed by atoms with van der Waals surface area (Å²) in [5.41, 5.74) is -0.663. The molecule has 0 N–H and O–H groups in total. The number of piperazine rings is 1. The number of rotatable bonds is 6. The lowest BCUT2D eigenvalue weighted by Gasteiger charge is -2.52. The number of hydrogen-bond donors (Lipinski definition) is 0. The monoisotopic (exact) mass is 533 g/mol. The van der Waals surface area contributed by atoms with Crippen molar-refractivity contribution in [3.05, 3.63) is 23.8 Å². The van der Waals surface area contributed by atoms with Crippen LogP contribution in [0.1, 0.15) is 45.2 Å². The summed E-state index contributed by atoms with van der Waals surface area (Å²) >= 11 is 1.47. The van der Waals surface area contributed by atoms with Crippen molar-refractivity contribution in [2.75, 3.05) is 27.6 Å². The van der Waals surface area contributed by atoms with E-state index in [9.17, 15) is 24.4 Å². The Morgan fingerprint density at radius 1 is 1.17 bits per heavy atom. The Morgan fingerprint density at radius 3 is 2.50 bits per heavy atom. The molecule has 3 aliphatic rings. The Labute approximate surface area is 217 Å². The summed E-state index contributed by atoms with van der Waals surface area (Å²) in [7, 11) is 2.81. The minimum absolute atomic E-state index is 0.0476. The zero-order valence-corrected chi connectivity index (χ0v) is 22.3. The summed E-state index contributed by atoms with van der Waals surface area (Å²) in [5, 5.41) is 9.63. The molecule has 3 aliphatic heterocycles. The van der Waals surface area contributed by atoms with Gasteiger partial charge in [-0.05, 0) is 55.1 Å². The quantitative estimate of drug-likeness (QED) is 0.539. The Bertz CT molecular complexity index is 1190. The van der Waals surface area contributed by atoms with Gasteiger partial charge in [0.15, 0.2) is 26.4 Å². The molecule has 4 rings (SSSR count). The minimum Gasteiger partial charge on any atom is -0.454 e. The number of thioether (sulfide) groups is 2. The molecule has 2 amide bonds. The molecule has 2 fully saturated rings.